The van der Waals surface area contributed by atoms with Crippen molar-refractivity contribution in [2.45, 2.75) is 13.8 Å². The minimum Gasteiger partial charge on any atom is -0.345 e. The highest BCUT2D eigenvalue weighted by Crippen LogP contribution is 2.27. The van der Waals surface area contributed by atoms with E-state index < -0.39 is 0 Å². The van der Waals surface area contributed by atoms with E-state index in [-0.39, 0.29) is 5.78 Å². The molecule has 0 aliphatic carbocycles. The Morgan fingerprint density at radius 1 is 1.20 bits per heavy atom. The number of ketones is 1. The first-order valence-electron chi connectivity index (χ1n) is 6.31. The minimum atomic E-state index is -0.0349. The third-order valence-electron chi connectivity index (χ3n) is 3.41. The van der Waals surface area contributed by atoms with Crippen LogP contribution in [0.15, 0.2) is 36.7 Å². The number of benzene rings is 1. The number of hydrogen-bond acceptors (Lipinski definition) is 2. The molecular weight excluding hydrogens is 272 g/mol. The molecule has 4 heteroatoms. The van der Waals surface area contributed by atoms with Crippen molar-refractivity contribution in [1.29, 1.82) is 0 Å². The Morgan fingerprint density at radius 2 is 2.00 bits per heavy atom. The number of aromatic amines is 1. The molecule has 3 aromatic rings. The first-order chi connectivity index (χ1) is 9.58. The Balaban J connectivity index is 2.21. The number of carbonyl (C=O) groups is 1. The van der Waals surface area contributed by atoms with Gasteiger partial charge in [0.15, 0.2) is 5.78 Å². The lowest BCUT2D eigenvalue weighted by Crippen LogP contribution is -2.03. The quantitative estimate of drug-likeness (QED) is 0.721. The van der Waals surface area contributed by atoms with E-state index in [9.17, 15) is 4.79 Å². The highest BCUT2D eigenvalue weighted by Gasteiger charge is 2.18. The van der Waals surface area contributed by atoms with E-state index in [4.69, 9.17) is 11.6 Å². The highest BCUT2D eigenvalue weighted by molar-refractivity contribution is 6.37. The van der Waals surface area contributed by atoms with Gasteiger partial charge in [0.05, 0.1) is 10.6 Å². The van der Waals surface area contributed by atoms with Crippen LogP contribution >= 0.6 is 11.6 Å². The molecule has 0 saturated heterocycles. The van der Waals surface area contributed by atoms with Gasteiger partial charge in [-0.25, -0.2) is 4.98 Å². The van der Waals surface area contributed by atoms with Crippen LogP contribution in [0.3, 0.4) is 0 Å². The topological polar surface area (TPSA) is 45.8 Å². The number of hydrogen-bond donors (Lipinski definition) is 1. The summed E-state index contributed by atoms with van der Waals surface area (Å²) in [5, 5.41) is 1.21. The lowest BCUT2D eigenvalue weighted by atomic mass is 9.97. The summed E-state index contributed by atoms with van der Waals surface area (Å²) in [6, 6.07) is 7.55. The summed E-state index contributed by atoms with van der Waals surface area (Å²) in [5.41, 5.74) is 3.90. The second kappa shape index (κ2) is 4.76. The SMILES string of the molecule is Cc1ccc(C)c(C(=O)c2c[nH]c3nccc(Cl)c23)c1. The number of carbonyl (C=O) groups excluding carboxylic acids is 1. The van der Waals surface area contributed by atoms with Crippen LogP contribution in [0, 0.1) is 13.8 Å². The molecule has 2 heterocycles. The highest BCUT2D eigenvalue weighted by atomic mass is 35.5. The minimum absolute atomic E-state index is 0.0349. The zero-order valence-electron chi connectivity index (χ0n) is 11.2. The fraction of sp³-hybridized carbons (Fsp3) is 0.125. The standard InChI is InChI=1S/C16H13ClN2O/c1-9-3-4-10(2)11(7-9)15(20)12-8-19-16-14(12)13(17)5-6-18-16/h3-8H,1-2H3,(H,18,19). The molecule has 0 fully saturated rings. The number of fused-ring (bicyclic) bond motifs is 1. The molecule has 0 saturated carbocycles. The summed E-state index contributed by atoms with van der Waals surface area (Å²) >= 11 is 6.19. The monoisotopic (exact) mass is 284 g/mol. The second-order valence-electron chi connectivity index (χ2n) is 4.87. The van der Waals surface area contributed by atoms with E-state index in [0.717, 1.165) is 11.1 Å². The molecule has 3 nitrogen and oxygen atoms in total. The molecule has 2 aromatic heterocycles. The molecular formula is C16H13ClN2O. The van der Waals surface area contributed by atoms with E-state index >= 15 is 0 Å². The van der Waals surface area contributed by atoms with Gasteiger partial charge in [-0.15, -0.1) is 0 Å². The average molecular weight is 285 g/mol. The molecule has 0 aliphatic rings. The number of nitrogens with one attached hydrogen (secondary N) is 1. The van der Waals surface area contributed by atoms with Crippen LogP contribution < -0.4 is 0 Å². The first-order valence-corrected chi connectivity index (χ1v) is 6.69. The van der Waals surface area contributed by atoms with Crippen LogP contribution in [0.25, 0.3) is 11.0 Å². The third kappa shape index (κ3) is 2.00. The number of aryl methyl sites for hydroxylation is 2. The molecule has 0 aliphatic heterocycles. The number of halogens is 1. The number of rotatable bonds is 2. The Labute approximate surface area is 121 Å². The molecule has 0 radical (unpaired) electrons. The zero-order chi connectivity index (χ0) is 14.3. The van der Waals surface area contributed by atoms with Gasteiger partial charge in [0.1, 0.15) is 5.65 Å². The number of aromatic nitrogens is 2. The lowest BCUT2D eigenvalue weighted by molar-refractivity contribution is 0.103. The van der Waals surface area contributed by atoms with Crippen molar-refractivity contribution in [3.8, 4) is 0 Å². The van der Waals surface area contributed by atoms with Crippen LogP contribution in [0.4, 0.5) is 0 Å². The smallest absolute Gasteiger partial charge is 0.195 e. The van der Waals surface area contributed by atoms with Gasteiger partial charge in [-0.05, 0) is 31.5 Å². The molecule has 1 aromatic carbocycles. The maximum Gasteiger partial charge on any atom is 0.195 e. The molecule has 0 amide bonds. The van der Waals surface area contributed by atoms with Gasteiger partial charge >= 0.3 is 0 Å². The average Bonchev–Trinajstić information content (AvgIpc) is 2.86. The van der Waals surface area contributed by atoms with E-state index in [1.807, 2.05) is 32.0 Å². The Morgan fingerprint density at radius 3 is 2.80 bits per heavy atom. The molecule has 20 heavy (non-hydrogen) atoms. The van der Waals surface area contributed by atoms with E-state index in [1.54, 1.807) is 18.5 Å². The summed E-state index contributed by atoms with van der Waals surface area (Å²) in [7, 11) is 0. The van der Waals surface area contributed by atoms with Crippen molar-refractivity contribution < 1.29 is 4.79 Å². The number of nitrogens with zero attached hydrogens (tertiary/aromatic N) is 1. The molecule has 0 bridgehead atoms. The zero-order valence-corrected chi connectivity index (χ0v) is 12.0. The van der Waals surface area contributed by atoms with Crippen LogP contribution in [0.2, 0.25) is 5.02 Å². The fourth-order valence-corrected chi connectivity index (χ4v) is 2.57. The summed E-state index contributed by atoms with van der Waals surface area (Å²) in [4.78, 5) is 19.9. The van der Waals surface area contributed by atoms with E-state index in [1.165, 1.54) is 0 Å². The van der Waals surface area contributed by atoms with Crippen LogP contribution in [0.5, 0.6) is 0 Å². The molecule has 0 atom stereocenters. The van der Waals surface area contributed by atoms with Crippen molar-refractivity contribution in [1.82, 2.24) is 9.97 Å². The molecule has 100 valence electrons. The van der Waals surface area contributed by atoms with Gasteiger partial charge in [-0.2, -0.15) is 0 Å². The van der Waals surface area contributed by atoms with Crippen molar-refractivity contribution in [3.05, 3.63) is 63.9 Å². The summed E-state index contributed by atoms with van der Waals surface area (Å²) < 4.78 is 0. The Bertz CT molecular complexity index is 820. The van der Waals surface area contributed by atoms with Crippen molar-refractivity contribution >= 4 is 28.4 Å². The third-order valence-corrected chi connectivity index (χ3v) is 3.72. The molecule has 3 rings (SSSR count). The van der Waals surface area contributed by atoms with Gasteiger partial charge in [-0.1, -0.05) is 29.3 Å². The Kier molecular flexibility index (Phi) is 3.07. The van der Waals surface area contributed by atoms with E-state index in [2.05, 4.69) is 9.97 Å². The Hall–Kier alpha value is -2.13. The normalized spacial score (nSPS) is 10.9. The fourth-order valence-electron chi connectivity index (χ4n) is 2.32. The molecule has 0 spiro atoms. The van der Waals surface area contributed by atoms with Gasteiger partial charge in [0.2, 0.25) is 0 Å². The second-order valence-corrected chi connectivity index (χ2v) is 5.27. The summed E-state index contributed by atoms with van der Waals surface area (Å²) in [6.45, 7) is 3.90. The molecule has 0 unspecified atom stereocenters. The van der Waals surface area contributed by atoms with Gasteiger partial charge in [-0.3, -0.25) is 4.79 Å². The maximum absolute atomic E-state index is 12.7. The van der Waals surface area contributed by atoms with Crippen LogP contribution in [-0.4, -0.2) is 15.8 Å². The number of pyridine rings is 1. The molecule has 1 N–H and O–H groups in total. The van der Waals surface area contributed by atoms with Crippen LogP contribution in [0.1, 0.15) is 27.0 Å². The van der Waals surface area contributed by atoms with E-state index in [0.29, 0.717) is 27.2 Å². The van der Waals surface area contributed by atoms with Crippen molar-refractivity contribution in [2.24, 2.45) is 0 Å². The predicted molar refractivity (Wildman–Crippen MR) is 80.5 cm³/mol. The van der Waals surface area contributed by atoms with Gasteiger partial charge in [0, 0.05) is 23.3 Å². The largest absolute Gasteiger partial charge is 0.345 e. The van der Waals surface area contributed by atoms with Gasteiger partial charge < -0.3 is 4.98 Å². The van der Waals surface area contributed by atoms with Crippen molar-refractivity contribution in [2.75, 3.05) is 0 Å². The maximum atomic E-state index is 12.7. The van der Waals surface area contributed by atoms with Crippen LogP contribution in [-0.2, 0) is 0 Å². The lowest BCUT2D eigenvalue weighted by Gasteiger charge is -2.06. The first kappa shape index (κ1) is 12.9. The van der Waals surface area contributed by atoms with Crippen molar-refractivity contribution in [3.63, 3.8) is 0 Å². The summed E-state index contributed by atoms with van der Waals surface area (Å²) in [6.07, 6.45) is 3.29. The summed E-state index contributed by atoms with van der Waals surface area (Å²) in [5.74, 6) is -0.0349. The number of H-pyrrole nitrogens is 1. The predicted octanol–water partition coefficient (Wildman–Crippen LogP) is 4.06. The van der Waals surface area contributed by atoms with Gasteiger partial charge in [0.25, 0.3) is 0 Å².